The van der Waals surface area contributed by atoms with Gasteiger partial charge in [-0.05, 0) is 36.5 Å². The van der Waals surface area contributed by atoms with Crippen molar-refractivity contribution in [2.75, 3.05) is 19.6 Å². The predicted molar refractivity (Wildman–Crippen MR) is 99.8 cm³/mol. The molecule has 2 aromatic heterocycles. The molecular weight excluding hydrogens is 366 g/mol. The second kappa shape index (κ2) is 9.78. The zero-order valence-electron chi connectivity index (χ0n) is 13.4. The van der Waals surface area contributed by atoms with Crippen molar-refractivity contribution in [1.82, 2.24) is 15.5 Å². The summed E-state index contributed by atoms with van der Waals surface area (Å²) in [7, 11) is 0. The lowest BCUT2D eigenvalue weighted by Crippen LogP contribution is -2.44. The molecule has 0 aliphatic rings. The summed E-state index contributed by atoms with van der Waals surface area (Å²) in [6.45, 7) is 4.00. The van der Waals surface area contributed by atoms with E-state index in [-0.39, 0.29) is 12.5 Å². The summed E-state index contributed by atoms with van der Waals surface area (Å²) in [4.78, 5) is 28.0. The fraction of sp³-hybridized carbons (Fsp3) is 0.375. The van der Waals surface area contributed by atoms with Gasteiger partial charge in [0.25, 0.3) is 0 Å². The van der Waals surface area contributed by atoms with E-state index in [4.69, 9.17) is 11.6 Å². The van der Waals surface area contributed by atoms with E-state index in [0.717, 1.165) is 15.6 Å². The van der Waals surface area contributed by atoms with Crippen LogP contribution in [-0.2, 0) is 17.8 Å². The maximum Gasteiger partial charge on any atom is 0.321 e. The standard InChI is InChI=1S/C16H20ClN3O2S2/c1-2-20(10-13-5-6-14(17)24-13)11-15(21)19-16(22)18-8-7-12-4-3-9-23-12/h3-6,9H,2,7-8,10-11H2,1H3,(H2,18,19,21,22). The van der Waals surface area contributed by atoms with Gasteiger partial charge in [0.15, 0.2) is 0 Å². The second-order valence-electron chi connectivity index (χ2n) is 5.14. The third kappa shape index (κ3) is 6.60. The molecule has 0 saturated carbocycles. The quantitative estimate of drug-likeness (QED) is 0.732. The van der Waals surface area contributed by atoms with Crippen molar-refractivity contribution in [3.63, 3.8) is 0 Å². The van der Waals surface area contributed by atoms with Crippen molar-refractivity contribution in [2.24, 2.45) is 0 Å². The lowest BCUT2D eigenvalue weighted by atomic mass is 10.3. The van der Waals surface area contributed by atoms with Crippen molar-refractivity contribution in [3.05, 3.63) is 43.7 Å². The summed E-state index contributed by atoms with van der Waals surface area (Å²) in [5.41, 5.74) is 0. The molecule has 24 heavy (non-hydrogen) atoms. The predicted octanol–water partition coefficient (Wildman–Crippen LogP) is 3.35. The van der Waals surface area contributed by atoms with Crippen molar-refractivity contribution < 1.29 is 9.59 Å². The van der Waals surface area contributed by atoms with E-state index in [1.54, 1.807) is 11.3 Å². The molecule has 0 aromatic carbocycles. The lowest BCUT2D eigenvalue weighted by molar-refractivity contribution is -0.121. The summed E-state index contributed by atoms with van der Waals surface area (Å²) in [6.07, 6.45) is 0.763. The minimum Gasteiger partial charge on any atom is -0.337 e. The average Bonchev–Trinajstić information content (AvgIpc) is 3.18. The third-order valence-corrected chi connectivity index (χ3v) is 5.46. The number of urea groups is 1. The van der Waals surface area contributed by atoms with Crippen LogP contribution in [0.5, 0.6) is 0 Å². The third-order valence-electron chi connectivity index (χ3n) is 3.31. The lowest BCUT2D eigenvalue weighted by Gasteiger charge is -2.18. The summed E-state index contributed by atoms with van der Waals surface area (Å²) >= 11 is 9.06. The Kier molecular flexibility index (Phi) is 7.71. The first-order chi connectivity index (χ1) is 11.6. The van der Waals surface area contributed by atoms with Crippen LogP contribution in [0.3, 0.4) is 0 Å². The zero-order valence-corrected chi connectivity index (χ0v) is 15.8. The van der Waals surface area contributed by atoms with Gasteiger partial charge in [0.2, 0.25) is 5.91 Å². The molecule has 2 rings (SSSR count). The molecule has 2 aromatic rings. The molecule has 0 saturated heterocycles. The molecule has 0 aliphatic carbocycles. The smallest absolute Gasteiger partial charge is 0.321 e. The minimum atomic E-state index is -0.452. The molecule has 5 nitrogen and oxygen atoms in total. The molecule has 0 aliphatic heterocycles. The number of carbonyl (C=O) groups is 2. The van der Waals surface area contributed by atoms with Gasteiger partial charge in [0.05, 0.1) is 10.9 Å². The maximum atomic E-state index is 12.0. The van der Waals surface area contributed by atoms with Crippen LogP contribution in [0.25, 0.3) is 0 Å². The van der Waals surface area contributed by atoms with E-state index in [0.29, 0.717) is 19.6 Å². The summed E-state index contributed by atoms with van der Waals surface area (Å²) in [6, 6.07) is 7.34. The zero-order chi connectivity index (χ0) is 17.4. The molecular formula is C16H20ClN3O2S2. The van der Waals surface area contributed by atoms with Gasteiger partial charge in [-0.2, -0.15) is 0 Å². The van der Waals surface area contributed by atoms with E-state index < -0.39 is 6.03 Å². The van der Waals surface area contributed by atoms with Crippen LogP contribution in [0.4, 0.5) is 4.79 Å². The topological polar surface area (TPSA) is 61.4 Å². The van der Waals surface area contributed by atoms with E-state index in [2.05, 4.69) is 10.6 Å². The van der Waals surface area contributed by atoms with Gasteiger partial charge in [-0.3, -0.25) is 15.0 Å². The van der Waals surface area contributed by atoms with Gasteiger partial charge >= 0.3 is 6.03 Å². The Bertz CT molecular complexity index is 658. The number of carbonyl (C=O) groups excluding carboxylic acids is 2. The van der Waals surface area contributed by atoms with Crippen LogP contribution in [0.15, 0.2) is 29.6 Å². The van der Waals surface area contributed by atoms with Gasteiger partial charge in [-0.15, -0.1) is 22.7 Å². The van der Waals surface area contributed by atoms with Crippen LogP contribution in [0.1, 0.15) is 16.7 Å². The Hall–Kier alpha value is -1.41. The number of nitrogens with zero attached hydrogens (tertiary/aromatic N) is 1. The normalized spacial score (nSPS) is 10.8. The summed E-state index contributed by atoms with van der Waals surface area (Å²) in [5.74, 6) is -0.312. The first kappa shape index (κ1) is 18.9. The van der Waals surface area contributed by atoms with E-state index in [1.807, 2.05) is 41.5 Å². The van der Waals surface area contributed by atoms with Gasteiger partial charge in [0, 0.05) is 22.8 Å². The van der Waals surface area contributed by atoms with Crippen molar-refractivity contribution in [1.29, 1.82) is 0 Å². The average molecular weight is 386 g/mol. The number of thiophene rings is 2. The van der Waals surface area contributed by atoms with E-state index in [9.17, 15) is 9.59 Å². The van der Waals surface area contributed by atoms with Gasteiger partial charge in [0.1, 0.15) is 0 Å². The van der Waals surface area contributed by atoms with Gasteiger partial charge < -0.3 is 5.32 Å². The van der Waals surface area contributed by atoms with E-state index in [1.165, 1.54) is 16.2 Å². The number of hydrogen-bond acceptors (Lipinski definition) is 5. The fourth-order valence-electron chi connectivity index (χ4n) is 2.10. The minimum absolute atomic E-state index is 0.171. The van der Waals surface area contributed by atoms with Crippen LogP contribution >= 0.6 is 34.3 Å². The van der Waals surface area contributed by atoms with Crippen LogP contribution < -0.4 is 10.6 Å². The number of halogens is 1. The largest absolute Gasteiger partial charge is 0.337 e. The molecule has 0 spiro atoms. The second-order valence-corrected chi connectivity index (χ2v) is 7.97. The molecule has 0 radical (unpaired) electrons. The first-order valence-corrected chi connectivity index (χ1v) is 9.71. The molecule has 2 N–H and O–H groups in total. The highest BCUT2D eigenvalue weighted by molar-refractivity contribution is 7.16. The Morgan fingerprint density at radius 2 is 2.08 bits per heavy atom. The molecule has 0 bridgehead atoms. The molecule has 0 fully saturated rings. The molecule has 130 valence electrons. The molecule has 2 heterocycles. The maximum absolute atomic E-state index is 12.0. The summed E-state index contributed by atoms with van der Waals surface area (Å²) < 4.78 is 0.732. The molecule has 0 atom stereocenters. The van der Waals surface area contributed by atoms with Gasteiger partial charge in [-0.1, -0.05) is 24.6 Å². The number of hydrogen-bond donors (Lipinski definition) is 2. The van der Waals surface area contributed by atoms with Crippen molar-refractivity contribution >= 4 is 46.2 Å². The Labute approximate surface area is 154 Å². The molecule has 8 heteroatoms. The van der Waals surface area contributed by atoms with Crippen LogP contribution in [-0.4, -0.2) is 36.5 Å². The highest BCUT2D eigenvalue weighted by Crippen LogP contribution is 2.22. The van der Waals surface area contributed by atoms with Crippen LogP contribution in [0, 0.1) is 0 Å². The number of nitrogens with one attached hydrogen (secondary N) is 2. The Morgan fingerprint density at radius 3 is 2.71 bits per heavy atom. The first-order valence-electron chi connectivity index (χ1n) is 7.63. The SMILES string of the molecule is CCN(CC(=O)NC(=O)NCCc1cccs1)Cc1ccc(Cl)s1. The monoisotopic (exact) mass is 385 g/mol. The Morgan fingerprint density at radius 1 is 1.25 bits per heavy atom. The van der Waals surface area contributed by atoms with Gasteiger partial charge in [-0.25, -0.2) is 4.79 Å². The molecule has 0 unspecified atom stereocenters. The highest BCUT2D eigenvalue weighted by Gasteiger charge is 2.13. The van der Waals surface area contributed by atoms with Crippen LogP contribution in [0.2, 0.25) is 4.34 Å². The number of amides is 3. The highest BCUT2D eigenvalue weighted by atomic mass is 35.5. The number of rotatable bonds is 8. The van der Waals surface area contributed by atoms with E-state index >= 15 is 0 Å². The summed E-state index contributed by atoms with van der Waals surface area (Å²) in [5, 5.41) is 7.06. The van der Waals surface area contributed by atoms with Crippen molar-refractivity contribution in [3.8, 4) is 0 Å². The Balaban J connectivity index is 1.69. The number of likely N-dealkylation sites (N-methyl/N-ethyl adjacent to an activating group) is 1. The number of imide groups is 1. The molecule has 3 amide bonds. The van der Waals surface area contributed by atoms with Crippen molar-refractivity contribution in [2.45, 2.75) is 19.9 Å². The fourth-order valence-corrected chi connectivity index (χ4v) is 3.94.